The number of hydrogen-bond donors (Lipinski definition) is 2. The monoisotopic (exact) mass is 350 g/mol. The number of benzene rings is 2. The molecule has 0 aliphatic carbocycles. The lowest BCUT2D eigenvalue weighted by molar-refractivity contribution is -0.116. The second-order valence-corrected chi connectivity index (χ2v) is 6.37. The number of nitrogens with one attached hydrogen (secondary N) is 2. The van der Waals surface area contributed by atoms with Gasteiger partial charge in [-0.15, -0.1) is 0 Å². The van der Waals surface area contributed by atoms with Crippen molar-refractivity contribution in [1.29, 1.82) is 0 Å². The summed E-state index contributed by atoms with van der Waals surface area (Å²) in [6.45, 7) is 3.82. The van der Waals surface area contributed by atoms with Crippen LogP contribution < -0.4 is 10.6 Å². The van der Waals surface area contributed by atoms with Crippen LogP contribution in [0.25, 0.3) is 0 Å². The molecule has 6 heteroatoms. The summed E-state index contributed by atoms with van der Waals surface area (Å²) in [6, 6.07) is 13.8. The predicted octanol–water partition coefficient (Wildman–Crippen LogP) is 5.00. The second kappa shape index (κ2) is 8.68. The summed E-state index contributed by atoms with van der Waals surface area (Å²) in [5, 5.41) is 5.90. The highest BCUT2D eigenvalue weighted by Gasteiger charge is 2.13. The largest absolute Gasteiger partial charge is 0.374 e. The molecule has 0 aliphatic heterocycles. The van der Waals surface area contributed by atoms with Gasteiger partial charge in [0.1, 0.15) is 6.04 Å². The van der Waals surface area contributed by atoms with Crippen LogP contribution in [0.3, 0.4) is 0 Å². The Bertz CT molecular complexity index is 660. The SMILES string of the molecule is CCc1ccc(NC(=O)[C@H](C)Nc2ccc(SC(F)F)cc2)cc1. The molecule has 0 saturated heterocycles. The van der Waals surface area contributed by atoms with Crippen LogP contribution in [0.15, 0.2) is 53.4 Å². The fourth-order valence-electron chi connectivity index (χ4n) is 2.12. The van der Waals surface area contributed by atoms with E-state index in [0.29, 0.717) is 22.3 Å². The van der Waals surface area contributed by atoms with Crippen molar-refractivity contribution in [2.75, 3.05) is 10.6 Å². The summed E-state index contributed by atoms with van der Waals surface area (Å²) >= 11 is 0.497. The van der Waals surface area contributed by atoms with E-state index < -0.39 is 11.8 Å². The van der Waals surface area contributed by atoms with Crippen molar-refractivity contribution >= 4 is 29.0 Å². The second-order valence-electron chi connectivity index (χ2n) is 5.31. The van der Waals surface area contributed by atoms with Crippen LogP contribution in [0.2, 0.25) is 0 Å². The topological polar surface area (TPSA) is 41.1 Å². The lowest BCUT2D eigenvalue weighted by Crippen LogP contribution is -2.31. The van der Waals surface area contributed by atoms with Crippen molar-refractivity contribution in [3.8, 4) is 0 Å². The molecule has 0 radical (unpaired) electrons. The van der Waals surface area contributed by atoms with Crippen LogP contribution >= 0.6 is 11.8 Å². The fraction of sp³-hybridized carbons (Fsp3) is 0.278. The molecule has 3 nitrogen and oxygen atoms in total. The molecule has 0 fully saturated rings. The van der Waals surface area contributed by atoms with Gasteiger partial charge in [-0.25, -0.2) is 0 Å². The number of hydrogen-bond acceptors (Lipinski definition) is 3. The van der Waals surface area contributed by atoms with E-state index in [4.69, 9.17) is 0 Å². The van der Waals surface area contributed by atoms with Gasteiger partial charge in [0.05, 0.1) is 0 Å². The fourth-order valence-corrected chi connectivity index (χ4v) is 2.62. The first kappa shape index (κ1) is 18.3. The summed E-state index contributed by atoms with van der Waals surface area (Å²) in [6.07, 6.45) is 0.950. The van der Waals surface area contributed by atoms with E-state index in [1.54, 1.807) is 31.2 Å². The van der Waals surface area contributed by atoms with E-state index in [2.05, 4.69) is 17.6 Å². The quantitative estimate of drug-likeness (QED) is 0.690. The lowest BCUT2D eigenvalue weighted by atomic mass is 10.1. The van der Waals surface area contributed by atoms with E-state index in [1.807, 2.05) is 24.3 Å². The zero-order valence-corrected chi connectivity index (χ0v) is 14.4. The van der Waals surface area contributed by atoms with Gasteiger partial charge >= 0.3 is 0 Å². The Hall–Kier alpha value is -2.08. The standard InChI is InChI=1S/C18H20F2N2OS/c1-3-13-4-6-15(7-5-13)22-17(23)12(2)21-14-8-10-16(11-9-14)24-18(19)20/h4-12,18,21H,3H2,1-2H3,(H,22,23)/t12-/m0/s1. The number of aryl methyl sites for hydroxylation is 1. The molecular weight excluding hydrogens is 330 g/mol. The molecule has 2 N–H and O–H groups in total. The maximum atomic E-state index is 12.3. The van der Waals surface area contributed by atoms with Crippen molar-refractivity contribution in [3.05, 3.63) is 54.1 Å². The van der Waals surface area contributed by atoms with Crippen molar-refractivity contribution in [2.24, 2.45) is 0 Å². The Morgan fingerprint density at radius 1 is 1.04 bits per heavy atom. The van der Waals surface area contributed by atoms with Gasteiger partial charge in [0.2, 0.25) is 5.91 Å². The number of amides is 1. The summed E-state index contributed by atoms with van der Waals surface area (Å²) in [7, 11) is 0. The first-order chi connectivity index (χ1) is 11.5. The third kappa shape index (κ3) is 5.53. The van der Waals surface area contributed by atoms with E-state index in [9.17, 15) is 13.6 Å². The molecule has 128 valence electrons. The van der Waals surface area contributed by atoms with Gasteiger partial charge in [-0.1, -0.05) is 30.8 Å². The maximum absolute atomic E-state index is 12.3. The number of rotatable bonds is 7. The summed E-state index contributed by atoms with van der Waals surface area (Å²) in [4.78, 5) is 12.7. The minimum atomic E-state index is -2.44. The summed E-state index contributed by atoms with van der Waals surface area (Å²) in [5.74, 6) is -2.60. The zero-order valence-electron chi connectivity index (χ0n) is 13.6. The van der Waals surface area contributed by atoms with Crippen LogP contribution in [-0.2, 0) is 11.2 Å². The first-order valence-corrected chi connectivity index (χ1v) is 8.57. The van der Waals surface area contributed by atoms with E-state index >= 15 is 0 Å². The third-order valence-electron chi connectivity index (χ3n) is 3.49. The Labute approximate surface area is 144 Å². The Kier molecular flexibility index (Phi) is 6.61. The molecule has 0 saturated carbocycles. The highest BCUT2D eigenvalue weighted by Crippen LogP contribution is 2.26. The predicted molar refractivity (Wildman–Crippen MR) is 95.8 cm³/mol. The van der Waals surface area contributed by atoms with Gasteiger partial charge in [0, 0.05) is 16.3 Å². The molecule has 1 atom stereocenters. The van der Waals surface area contributed by atoms with Crippen LogP contribution in [-0.4, -0.2) is 17.7 Å². The number of alkyl halides is 2. The number of carbonyl (C=O) groups excluding carboxylic acids is 1. The smallest absolute Gasteiger partial charge is 0.288 e. The number of anilines is 2. The van der Waals surface area contributed by atoms with Gasteiger partial charge in [-0.3, -0.25) is 4.79 Å². The third-order valence-corrected chi connectivity index (χ3v) is 4.21. The molecule has 0 bridgehead atoms. The van der Waals surface area contributed by atoms with Crippen LogP contribution in [0.1, 0.15) is 19.4 Å². The van der Waals surface area contributed by atoms with E-state index in [-0.39, 0.29) is 5.91 Å². The summed E-state index contributed by atoms with van der Waals surface area (Å²) in [5.41, 5.74) is 2.66. The molecule has 2 rings (SSSR count). The molecule has 24 heavy (non-hydrogen) atoms. The minimum absolute atomic E-state index is 0.162. The molecule has 0 unspecified atom stereocenters. The van der Waals surface area contributed by atoms with Gasteiger partial charge in [-0.05, 0) is 55.3 Å². The number of halogens is 2. The van der Waals surface area contributed by atoms with Gasteiger partial charge in [0.15, 0.2) is 0 Å². The lowest BCUT2D eigenvalue weighted by Gasteiger charge is -2.16. The highest BCUT2D eigenvalue weighted by molar-refractivity contribution is 7.99. The van der Waals surface area contributed by atoms with Crippen molar-refractivity contribution < 1.29 is 13.6 Å². The average Bonchev–Trinajstić information content (AvgIpc) is 2.56. The molecule has 1 amide bonds. The molecule has 0 aromatic heterocycles. The number of thioether (sulfide) groups is 1. The van der Waals surface area contributed by atoms with Crippen molar-refractivity contribution in [3.63, 3.8) is 0 Å². The van der Waals surface area contributed by atoms with E-state index in [0.717, 1.165) is 12.1 Å². The van der Waals surface area contributed by atoms with Crippen LogP contribution in [0.4, 0.5) is 20.2 Å². The van der Waals surface area contributed by atoms with Crippen LogP contribution in [0, 0.1) is 0 Å². The van der Waals surface area contributed by atoms with Gasteiger partial charge < -0.3 is 10.6 Å². The van der Waals surface area contributed by atoms with E-state index in [1.165, 1.54) is 5.56 Å². The number of carbonyl (C=O) groups is 1. The van der Waals surface area contributed by atoms with Gasteiger partial charge in [-0.2, -0.15) is 8.78 Å². The first-order valence-electron chi connectivity index (χ1n) is 7.69. The van der Waals surface area contributed by atoms with Gasteiger partial charge in [0.25, 0.3) is 5.76 Å². The molecule has 0 spiro atoms. The summed E-state index contributed by atoms with van der Waals surface area (Å²) < 4.78 is 24.6. The Morgan fingerprint density at radius 2 is 1.62 bits per heavy atom. The normalized spacial score (nSPS) is 12.0. The van der Waals surface area contributed by atoms with Crippen LogP contribution in [0.5, 0.6) is 0 Å². The van der Waals surface area contributed by atoms with Crippen molar-refractivity contribution in [1.82, 2.24) is 0 Å². The average molecular weight is 350 g/mol. The molecule has 0 heterocycles. The highest BCUT2D eigenvalue weighted by atomic mass is 32.2. The van der Waals surface area contributed by atoms with Crippen molar-refractivity contribution in [2.45, 2.75) is 37.0 Å². The molecule has 0 aliphatic rings. The minimum Gasteiger partial charge on any atom is -0.374 e. The molecule has 2 aromatic rings. The molecular formula is C18H20F2N2OS. The molecule has 2 aromatic carbocycles. The Balaban J connectivity index is 1.90. The Morgan fingerprint density at radius 3 is 2.17 bits per heavy atom. The maximum Gasteiger partial charge on any atom is 0.288 e. The zero-order chi connectivity index (χ0) is 17.5.